The van der Waals surface area contributed by atoms with Gasteiger partial charge < -0.3 is 14.6 Å². The highest BCUT2D eigenvalue weighted by Gasteiger charge is 2.48. The molecule has 0 unspecified atom stereocenters. The molecule has 0 saturated heterocycles. The van der Waals surface area contributed by atoms with Crippen molar-refractivity contribution in [3.8, 4) is 0 Å². The second kappa shape index (κ2) is 8.26. The summed E-state index contributed by atoms with van der Waals surface area (Å²) in [6.45, 7) is 0.305. The molecule has 4 rings (SSSR count). The molecule has 0 saturated carbocycles. The number of carbonyl (C=O) groups is 1. The maximum atomic E-state index is 13.8. The quantitative estimate of drug-likeness (QED) is 0.615. The van der Waals surface area contributed by atoms with Gasteiger partial charge in [0.15, 0.2) is 11.7 Å². The van der Waals surface area contributed by atoms with E-state index in [1.54, 1.807) is 31.4 Å². The Kier molecular flexibility index (Phi) is 5.65. The van der Waals surface area contributed by atoms with Gasteiger partial charge in [0.1, 0.15) is 16.6 Å². The van der Waals surface area contributed by atoms with Gasteiger partial charge in [-0.2, -0.15) is 18.3 Å². The molecule has 164 valence electrons. The molecule has 11 heteroatoms. The van der Waals surface area contributed by atoms with Gasteiger partial charge in [-0.25, -0.2) is 4.68 Å². The molecule has 3 aromatic rings. The van der Waals surface area contributed by atoms with Crippen LogP contribution < -0.4 is 5.32 Å². The van der Waals surface area contributed by atoms with Crippen LogP contribution in [0.4, 0.5) is 19.0 Å². The van der Waals surface area contributed by atoms with Gasteiger partial charge in [0.05, 0.1) is 12.3 Å². The molecule has 0 bridgehead atoms. The van der Waals surface area contributed by atoms with Gasteiger partial charge in [0.2, 0.25) is 0 Å². The van der Waals surface area contributed by atoms with Crippen molar-refractivity contribution >= 4 is 23.3 Å². The van der Waals surface area contributed by atoms with Crippen molar-refractivity contribution in [2.24, 2.45) is 0 Å². The van der Waals surface area contributed by atoms with E-state index in [1.165, 1.54) is 11.2 Å². The van der Waals surface area contributed by atoms with Crippen LogP contribution in [0.5, 0.6) is 0 Å². The summed E-state index contributed by atoms with van der Waals surface area (Å²) in [4.78, 5) is 18.4. The fraction of sp³-hybridized carbons (Fsp3) is 0.350. The first-order valence-corrected chi connectivity index (χ1v) is 9.93. The minimum Gasteiger partial charge on any atom is -0.467 e. The standard InChI is InChI=1S/C20H19ClF3N5O2/c1-28(9-7-12-5-2-3-8-25-12)19(30)17-16(21)18-26-13(14-6-4-10-31-14)11-15(20(22,23)24)29(18)27-17/h2-6,8,10,13,15,26H,7,9,11H2,1H3/t13-,15-/m0/s1. The van der Waals surface area contributed by atoms with Crippen molar-refractivity contribution in [1.29, 1.82) is 0 Å². The lowest BCUT2D eigenvalue weighted by Gasteiger charge is -2.32. The first kappa shape index (κ1) is 21.2. The number of amides is 1. The highest BCUT2D eigenvalue weighted by Crippen LogP contribution is 2.46. The first-order valence-electron chi connectivity index (χ1n) is 9.55. The van der Waals surface area contributed by atoms with Crippen molar-refractivity contribution in [3.05, 3.63) is 65.0 Å². The number of rotatable bonds is 5. The van der Waals surface area contributed by atoms with Crippen molar-refractivity contribution in [3.63, 3.8) is 0 Å². The number of carbonyl (C=O) groups excluding carboxylic acids is 1. The van der Waals surface area contributed by atoms with E-state index >= 15 is 0 Å². The third-order valence-corrected chi connectivity index (χ3v) is 5.52. The first-order chi connectivity index (χ1) is 14.8. The maximum Gasteiger partial charge on any atom is 0.410 e. The van der Waals surface area contributed by atoms with E-state index in [1.807, 2.05) is 12.1 Å². The van der Waals surface area contributed by atoms with Crippen LogP contribution in [0.3, 0.4) is 0 Å². The van der Waals surface area contributed by atoms with Crippen LogP contribution >= 0.6 is 11.6 Å². The summed E-state index contributed by atoms with van der Waals surface area (Å²) in [5, 5.41) is 6.74. The summed E-state index contributed by atoms with van der Waals surface area (Å²) in [6.07, 6.45) is -1.40. The molecule has 0 spiro atoms. The van der Waals surface area contributed by atoms with Crippen LogP contribution in [0.25, 0.3) is 0 Å². The zero-order valence-electron chi connectivity index (χ0n) is 16.4. The molecule has 31 heavy (non-hydrogen) atoms. The summed E-state index contributed by atoms with van der Waals surface area (Å²) >= 11 is 6.34. The molecule has 0 aliphatic carbocycles. The Morgan fingerprint density at radius 1 is 1.35 bits per heavy atom. The number of halogens is 4. The number of likely N-dealkylation sites (N-methyl/N-ethyl adjacent to an activating group) is 1. The number of hydrogen-bond acceptors (Lipinski definition) is 5. The predicted molar refractivity (Wildman–Crippen MR) is 107 cm³/mol. The number of alkyl halides is 3. The SMILES string of the molecule is CN(CCc1ccccn1)C(=O)c1nn2c(c1Cl)N[C@H](c1ccco1)C[C@H]2C(F)(F)F. The molecule has 0 fully saturated rings. The Labute approximate surface area is 180 Å². The van der Waals surface area contributed by atoms with Crippen LogP contribution in [0.15, 0.2) is 47.2 Å². The average molecular weight is 454 g/mol. The Morgan fingerprint density at radius 2 is 2.16 bits per heavy atom. The lowest BCUT2D eigenvalue weighted by Crippen LogP contribution is -2.36. The highest BCUT2D eigenvalue weighted by molar-refractivity contribution is 6.36. The topological polar surface area (TPSA) is 76.2 Å². The van der Waals surface area contributed by atoms with E-state index in [-0.39, 0.29) is 23.0 Å². The molecule has 7 nitrogen and oxygen atoms in total. The predicted octanol–water partition coefficient (Wildman–Crippen LogP) is 4.50. The zero-order chi connectivity index (χ0) is 22.2. The fourth-order valence-corrected chi connectivity index (χ4v) is 3.77. The Morgan fingerprint density at radius 3 is 2.81 bits per heavy atom. The highest BCUT2D eigenvalue weighted by atomic mass is 35.5. The molecule has 4 heterocycles. The van der Waals surface area contributed by atoms with Gasteiger partial charge in [-0.1, -0.05) is 17.7 Å². The van der Waals surface area contributed by atoms with E-state index in [9.17, 15) is 18.0 Å². The number of aromatic nitrogens is 3. The van der Waals surface area contributed by atoms with Crippen LogP contribution in [-0.2, 0) is 6.42 Å². The molecule has 0 aromatic carbocycles. The lowest BCUT2D eigenvalue weighted by atomic mass is 10.0. The van der Waals surface area contributed by atoms with Gasteiger partial charge in [0.25, 0.3) is 5.91 Å². The van der Waals surface area contributed by atoms with Crippen LogP contribution in [0.1, 0.15) is 40.4 Å². The third kappa shape index (κ3) is 4.25. The molecular formula is C20H19ClF3N5O2. The molecular weight excluding hydrogens is 435 g/mol. The number of fused-ring (bicyclic) bond motifs is 1. The number of nitrogens with one attached hydrogen (secondary N) is 1. The van der Waals surface area contributed by atoms with Gasteiger partial charge in [0, 0.05) is 38.3 Å². The number of anilines is 1. The number of furan rings is 1. The van der Waals surface area contributed by atoms with Gasteiger partial charge >= 0.3 is 6.18 Å². The summed E-state index contributed by atoms with van der Waals surface area (Å²) in [5.74, 6) is -0.281. The van der Waals surface area contributed by atoms with Gasteiger partial charge in [-0.15, -0.1) is 0 Å². The molecule has 3 aromatic heterocycles. The van der Waals surface area contributed by atoms with Crippen molar-refractivity contribution in [1.82, 2.24) is 19.7 Å². The normalized spacial score (nSPS) is 18.4. The summed E-state index contributed by atoms with van der Waals surface area (Å²) in [7, 11) is 1.54. The second-order valence-corrected chi connectivity index (χ2v) is 7.64. The molecule has 1 aliphatic rings. The van der Waals surface area contributed by atoms with Crippen LogP contribution in [-0.4, -0.2) is 45.3 Å². The summed E-state index contributed by atoms with van der Waals surface area (Å²) < 4.78 is 47.4. The Bertz CT molecular complexity index is 1050. The van der Waals surface area contributed by atoms with Crippen molar-refractivity contribution < 1.29 is 22.4 Å². The van der Waals surface area contributed by atoms with Gasteiger partial charge in [-0.3, -0.25) is 9.78 Å². The van der Waals surface area contributed by atoms with Crippen molar-refractivity contribution in [2.75, 3.05) is 18.9 Å². The molecule has 1 aliphatic heterocycles. The second-order valence-electron chi connectivity index (χ2n) is 7.26. The monoisotopic (exact) mass is 453 g/mol. The largest absolute Gasteiger partial charge is 0.467 e. The van der Waals surface area contributed by atoms with Crippen molar-refractivity contribution in [2.45, 2.75) is 31.1 Å². The van der Waals surface area contributed by atoms with E-state index in [0.29, 0.717) is 18.7 Å². The molecule has 0 radical (unpaired) electrons. The maximum absolute atomic E-state index is 13.8. The zero-order valence-corrected chi connectivity index (χ0v) is 17.2. The fourth-order valence-electron chi connectivity index (χ4n) is 3.51. The van der Waals surface area contributed by atoms with Gasteiger partial charge in [-0.05, 0) is 24.3 Å². The Hall–Kier alpha value is -3.01. The number of nitrogens with zero attached hydrogens (tertiary/aromatic N) is 4. The molecule has 2 atom stereocenters. The summed E-state index contributed by atoms with van der Waals surface area (Å²) in [5.41, 5.74) is 0.555. The van der Waals surface area contributed by atoms with Crippen LogP contribution in [0.2, 0.25) is 5.02 Å². The smallest absolute Gasteiger partial charge is 0.410 e. The number of pyridine rings is 1. The third-order valence-electron chi connectivity index (χ3n) is 5.16. The molecule has 1 amide bonds. The summed E-state index contributed by atoms with van der Waals surface area (Å²) in [6, 6.07) is 5.93. The Balaban J connectivity index is 1.60. The minimum atomic E-state index is -4.58. The molecule has 1 N–H and O–H groups in total. The number of hydrogen-bond donors (Lipinski definition) is 1. The van der Waals surface area contributed by atoms with E-state index < -0.39 is 24.2 Å². The van der Waals surface area contributed by atoms with Crippen LogP contribution in [0, 0.1) is 0 Å². The van der Waals surface area contributed by atoms with E-state index in [4.69, 9.17) is 16.0 Å². The lowest BCUT2D eigenvalue weighted by molar-refractivity contribution is -0.174. The van der Waals surface area contributed by atoms with E-state index in [0.717, 1.165) is 10.4 Å². The average Bonchev–Trinajstić information content (AvgIpc) is 3.39. The van der Waals surface area contributed by atoms with E-state index in [2.05, 4.69) is 15.4 Å². The minimum absolute atomic E-state index is 0.0573.